The van der Waals surface area contributed by atoms with Crippen molar-refractivity contribution in [2.75, 3.05) is 0 Å². The quantitative estimate of drug-likeness (QED) is 0.712. The maximum atomic E-state index is 12.1. The summed E-state index contributed by atoms with van der Waals surface area (Å²) < 4.78 is 22.2. The molecule has 128 valence electrons. The van der Waals surface area contributed by atoms with Crippen LogP contribution in [-0.2, 0) is 17.4 Å². The van der Waals surface area contributed by atoms with Crippen LogP contribution in [0.3, 0.4) is 0 Å². The van der Waals surface area contributed by atoms with E-state index < -0.39 is 7.82 Å². The molecule has 2 aromatic carbocycles. The third-order valence-corrected chi connectivity index (χ3v) is 4.22. The van der Waals surface area contributed by atoms with Gasteiger partial charge in [-0.15, -0.1) is 0 Å². The average molecular weight is 356 g/mol. The molecule has 0 aliphatic heterocycles. The lowest BCUT2D eigenvalue weighted by molar-refractivity contribution is 0.291. The van der Waals surface area contributed by atoms with Crippen LogP contribution in [0.4, 0.5) is 0 Å². The average Bonchev–Trinajstić information content (AvgIpc) is 2.60. The summed E-state index contributed by atoms with van der Waals surface area (Å²) in [6.45, 7) is 0. The van der Waals surface area contributed by atoms with Crippen LogP contribution in [0, 0.1) is 22.7 Å². The molecular weight excluding hydrogens is 339 g/mol. The number of phosphoric acid groups is 1. The van der Waals surface area contributed by atoms with E-state index in [4.69, 9.17) is 19.6 Å². The molecule has 0 aromatic heterocycles. The molecule has 1 N–H and O–H groups in total. The van der Waals surface area contributed by atoms with Crippen molar-refractivity contribution in [3.05, 3.63) is 59.7 Å². The second kappa shape index (κ2) is 8.89. The van der Waals surface area contributed by atoms with Crippen molar-refractivity contribution >= 4 is 7.82 Å². The molecule has 0 radical (unpaired) electrons. The Morgan fingerprint density at radius 1 is 0.800 bits per heavy atom. The van der Waals surface area contributed by atoms with Crippen molar-refractivity contribution in [1.82, 2.24) is 0 Å². The van der Waals surface area contributed by atoms with Crippen LogP contribution in [-0.4, -0.2) is 4.89 Å². The van der Waals surface area contributed by atoms with E-state index in [0.29, 0.717) is 25.7 Å². The highest BCUT2D eigenvalue weighted by Crippen LogP contribution is 2.44. The lowest BCUT2D eigenvalue weighted by Gasteiger charge is -2.14. The Labute approximate surface area is 146 Å². The predicted octanol–water partition coefficient (Wildman–Crippen LogP) is 4.16. The fourth-order valence-corrected chi connectivity index (χ4v) is 2.93. The highest BCUT2D eigenvalue weighted by molar-refractivity contribution is 7.48. The number of nitriles is 2. The van der Waals surface area contributed by atoms with E-state index >= 15 is 0 Å². The maximum absolute atomic E-state index is 12.1. The number of benzene rings is 2. The van der Waals surface area contributed by atoms with Crippen molar-refractivity contribution < 1.29 is 18.5 Å². The Kier molecular flexibility index (Phi) is 6.60. The van der Waals surface area contributed by atoms with Gasteiger partial charge in [0.1, 0.15) is 11.5 Å². The number of aryl methyl sites for hydroxylation is 2. The number of hydrogen-bond donors (Lipinski definition) is 1. The maximum Gasteiger partial charge on any atom is 0.584 e. The van der Waals surface area contributed by atoms with Crippen LogP contribution < -0.4 is 9.05 Å². The zero-order valence-corrected chi connectivity index (χ0v) is 14.4. The summed E-state index contributed by atoms with van der Waals surface area (Å²) in [7, 11) is -4.31. The second-order valence-corrected chi connectivity index (χ2v) is 6.56. The predicted molar refractivity (Wildman–Crippen MR) is 91.8 cm³/mol. The number of nitrogens with zero attached hydrogens (tertiary/aromatic N) is 2. The summed E-state index contributed by atoms with van der Waals surface area (Å²) in [5.74, 6) is 0.411. The molecule has 0 aliphatic rings. The molecule has 2 rings (SSSR count). The van der Waals surface area contributed by atoms with Crippen molar-refractivity contribution in [2.24, 2.45) is 0 Å². The highest BCUT2D eigenvalue weighted by Gasteiger charge is 2.25. The van der Waals surface area contributed by atoms with Gasteiger partial charge >= 0.3 is 7.82 Å². The van der Waals surface area contributed by atoms with Gasteiger partial charge < -0.3 is 9.05 Å². The summed E-state index contributed by atoms with van der Waals surface area (Å²) in [5, 5.41) is 17.1. The molecular formula is C18H17N2O4P. The Bertz CT molecular complexity index is 753. The molecule has 0 spiro atoms. The van der Waals surface area contributed by atoms with E-state index in [1.807, 2.05) is 0 Å². The summed E-state index contributed by atoms with van der Waals surface area (Å²) >= 11 is 0. The van der Waals surface area contributed by atoms with Gasteiger partial charge in [0.05, 0.1) is 12.1 Å². The van der Waals surface area contributed by atoms with Gasteiger partial charge in [-0.25, -0.2) is 4.57 Å². The second-order valence-electron chi connectivity index (χ2n) is 5.26. The zero-order valence-electron chi connectivity index (χ0n) is 13.5. The molecule has 2 aromatic rings. The molecule has 0 atom stereocenters. The van der Waals surface area contributed by atoms with Gasteiger partial charge in [-0.2, -0.15) is 10.5 Å². The van der Waals surface area contributed by atoms with E-state index in [1.54, 1.807) is 48.5 Å². The van der Waals surface area contributed by atoms with Crippen LogP contribution in [0.15, 0.2) is 48.5 Å². The number of phosphoric ester groups is 1. The monoisotopic (exact) mass is 356 g/mol. The van der Waals surface area contributed by atoms with Crippen LogP contribution >= 0.6 is 7.82 Å². The minimum Gasteiger partial charge on any atom is -0.395 e. The van der Waals surface area contributed by atoms with Crippen molar-refractivity contribution in [3.63, 3.8) is 0 Å². The van der Waals surface area contributed by atoms with E-state index in [2.05, 4.69) is 12.1 Å². The third kappa shape index (κ3) is 6.31. The summed E-state index contributed by atoms with van der Waals surface area (Å²) in [4.78, 5) is 9.87. The zero-order chi connectivity index (χ0) is 18.1. The molecule has 25 heavy (non-hydrogen) atoms. The lowest BCUT2D eigenvalue weighted by Crippen LogP contribution is -2.00. The summed E-state index contributed by atoms with van der Waals surface area (Å²) in [6, 6.07) is 17.3. The molecule has 0 unspecified atom stereocenters. The van der Waals surface area contributed by atoms with Gasteiger partial charge in [-0.3, -0.25) is 4.89 Å². The molecule has 0 amide bonds. The van der Waals surface area contributed by atoms with Crippen molar-refractivity contribution in [3.8, 4) is 23.6 Å². The Hall–Kier alpha value is -2.79. The van der Waals surface area contributed by atoms with Gasteiger partial charge in [-0.1, -0.05) is 24.3 Å². The fraction of sp³-hybridized carbons (Fsp3) is 0.222. The molecule has 0 heterocycles. The molecule has 0 bridgehead atoms. The van der Waals surface area contributed by atoms with E-state index in [-0.39, 0.29) is 11.5 Å². The first-order valence-electron chi connectivity index (χ1n) is 7.66. The smallest absolute Gasteiger partial charge is 0.395 e. The molecule has 0 saturated heterocycles. The molecule has 7 heteroatoms. The number of hydrogen-bond acceptors (Lipinski definition) is 5. The van der Waals surface area contributed by atoms with Crippen LogP contribution in [0.1, 0.15) is 24.0 Å². The third-order valence-electron chi connectivity index (χ3n) is 3.34. The first kappa shape index (κ1) is 18.5. The molecule has 0 fully saturated rings. The Balaban J connectivity index is 1.96. The highest BCUT2D eigenvalue weighted by atomic mass is 31.2. The molecule has 0 aliphatic carbocycles. The van der Waals surface area contributed by atoms with Gasteiger partial charge in [0, 0.05) is 12.8 Å². The van der Waals surface area contributed by atoms with Gasteiger partial charge in [0.25, 0.3) is 0 Å². The molecule has 6 nitrogen and oxygen atoms in total. The largest absolute Gasteiger partial charge is 0.584 e. The summed E-state index contributed by atoms with van der Waals surface area (Å²) in [6.07, 6.45) is 2.04. The summed E-state index contributed by atoms with van der Waals surface area (Å²) in [5.41, 5.74) is 1.88. The van der Waals surface area contributed by atoms with Gasteiger partial charge in [0.15, 0.2) is 0 Å². The topological polar surface area (TPSA) is 103 Å². The molecule has 0 saturated carbocycles. The minimum absolute atomic E-state index is 0.206. The Morgan fingerprint density at radius 3 is 1.48 bits per heavy atom. The fourth-order valence-electron chi connectivity index (χ4n) is 2.12. The van der Waals surface area contributed by atoms with Crippen LogP contribution in [0.2, 0.25) is 0 Å². The van der Waals surface area contributed by atoms with Crippen LogP contribution in [0.5, 0.6) is 11.5 Å². The lowest BCUT2D eigenvalue weighted by atomic mass is 10.1. The van der Waals surface area contributed by atoms with E-state index in [0.717, 1.165) is 11.1 Å². The normalized spacial score (nSPS) is 10.5. The van der Waals surface area contributed by atoms with E-state index in [1.165, 1.54) is 0 Å². The minimum atomic E-state index is -4.31. The Morgan fingerprint density at radius 2 is 1.16 bits per heavy atom. The first-order chi connectivity index (χ1) is 12.0. The standard InChI is InChI=1S/C18H17N2O4P/c19-13-1-3-15-5-9-17(10-6-15)23-25(21,22)24-18-11-7-16(8-12-18)4-2-14-20/h5-12H,1-4H2,(H,21,22). The van der Waals surface area contributed by atoms with Crippen molar-refractivity contribution in [2.45, 2.75) is 25.7 Å². The van der Waals surface area contributed by atoms with Crippen molar-refractivity contribution in [1.29, 1.82) is 10.5 Å². The first-order valence-corrected chi connectivity index (χ1v) is 9.16. The SMILES string of the molecule is N#CCCc1ccc(OP(=O)(O)Oc2ccc(CCC#N)cc2)cc1. The van der Waals surface area contributed by atoms with Crippen LogP contribution in [0.25, 0.3) is 0 Å². The van der Waals surface area contributed by atoms with Gasteiger partial charge in [0.2, 0.25) is 0 Å². The van der Waals surface area contributed by atoms with Gasteiger partial charge in [-0.05, 0) is 48.2 Å². The number of rotatable bonds is 8. The van der Waals surface area contributed by atoms with E-state index in [9.17, 15) is 9.46 Å².